The van der Waals surface area contributed by atoms with Gasteiger partial charge in [-0.2, -0.15) is 0 Å². The Morgan fingerprint density at radius 3 is 2.47 bits per heavy atom. The van der Waals surface area contributed by atoms with E-state index in [1.165, 1.54) is 6.07 Å². The number of hydrogen-bond donors (Lipinski definition) is 2. The van der Waals surface area contributed by atoms with E-state index in [-0.39, 0.29) is 16.6 Å². The summed E-state index contributed by atoms with van der Waals surface area (Å²) in [6.45, 7) is 7.41. The fourth-order valence-electron chi connectivity index (χ4n) is 1.27. The molecule has 5 heteroatoms. The second-order valence-corrected chi connectivity index (χ2v) is 7.44. The smallest absolute Gasteiger partial charge is 0.136 e. The highest BCUT2D eigenvalue weighted by Crippen LogP contribution is 2.23. The van der Waals surface area contributed by atoms with Gasteiger partial charge < -0.3 is 4.55 Å². The topological polar surface area (TPSA) is 35.1 Å². The second kappa shape index (κ2) is 5.61. The lowest BCUT2D eigenvalue weighted by atomic mass is 10.1. The molecule has 0 aliphatic rings. The van der Waals surface area contributed by atoms with E-state index >= 15 is 0 Å². The van der Waals surface area contributed by atoms with E-state index in [0.29, 0.717) is 10.5 Å². The Kier molecular flexibility index (Phi) is 4.89. The van der Waals surface area contributed by atoms with E-state index in [4.69, 9.17) is 0 Å². The van der Waals surface area contributed by atoms with E-state index < -0.39 is 11.4 Å². The molecule has 0 spiro atoms. The van der Waals surface area contributed by atoms with Gasteiger partial charge in [0.15, 0.2) is 0 Å². The van der Waals surface area contributed by atoms with Crippen LogP contribution >= 0.6 is 12.6 Å². The molecule has 2 nitrogen and oxygen atoms in total. The van der Waals surface area contributed by atoms with Gasteiger partial charge in [-0.3, -0.25) is 0 Å². The quantitative estimate of drug-likeness (QED) is 0.656. The van der Waals surface area contributed by atoms with Crippen LogP contribution in [-0.2, 0) is 11.4 Å². The molecule has 1 N–H and O–H groups in total. The Bertz CT molecular complexity index is 393. The van der Waals surface area contributed by atoms with E-state index in [1.807, 2.05) is 20.8 Å². The first-order valence-electron chi connectivity index (χ1n) is 5.38. The molecule has 0 aliphatic heterocycles. The average Bonchev–Trinajstić information content (AvgIpc) is 2.15. The monoisotopic (exact) mass is 275 g/mol. The fraction of sp³-hybridized carbons (Fsp3) is 0.500. The van der Waals surface area contributed by atoms with Crippen molar-refractivity contribution >= 4 is 24.0 Å². The van der Waals surface area contributed by atoms with Gasteiger partial charge >= 0.3 is 0 Å². The first-order valence-corrected chi connectivity index (χ1v) is 6.98. The molecule has 17 heavy (non-hydrogen) atoms. The summed E-state index contributed by atoms with van der Waals surface area (Å²) in [4.78, 5) is 0.579. The number of rotatable bonds is 3. The summed E-state index contributed by atoms with van der Waals surface area (Å²) >= 11 is 2.85. The number of thiol groups is 1. The van der Waals surface area contributed by atoms with Crippen LogP contribution in [0, 0.1) is 5.82 Å². The van der Waals surface area contributed by atoms with Gasteiger partial charge in [-0.1, -0.05) is 6.07 Å². The van der Waals surface area contributed by atoms with Gasteiger partial charge in [0.1, 0.15) is 10.6 Å². The van der Waals surface area contributed by atoms with Crippen molar-refractivity contribution in [1.29, 1.82) is 0 Å². The molecule has 0 fully saturated rings. The Hall–Kier alpha value is -0.230. The third-order valence-electron chi connectivity index (χ3n) is 2.29. The maximum absolute atomic E-state index is 13.7. The largest absolute Gasteiger partial charge is 0.598 e. The predicted molar refractivity (Wildman–Crippen MR) is 73.1 cm³/mol. The van der Waals surface area contributed by atoms with Crippen molar-refractivity contribution in [3.63, 3.8) is 0 Å². The normalized spacial score (nSPS) is 15.7. The van der Waals surface area contributed by atoms with Crippen LogP contribution in [0.5, 0.6) is 0 Å². The molecule has 1 rings (SSSR count). The number of hydrogen-bond acceptors (Lipinski definition) is 3. The van der Waals surface area contributed by atoms with Gasteiger partial charge in [0.25, 0.3) is 0 Å². The number of benzene rings is 1. The third kappa shape index (κ3) is 4.17. The molecule has 1 aromatic carbocycles. The second-order valence-electron chi connectivity index (χ2n) is 4.93. The molecule has 0 aliphatic carbocycles. The molecular formula is C12H18FNOS2. The zero-order valence-electron chi connectivity index (χ0n) is 10.5. The molecule has 0 heterocycles. The molecule has 0 bridgehead atoms. The fourth-order valence-corrected chi connectivity index (χ4v) is 2.26. The van der Waals surface area contributed by atoms with Crippen LogP contribution in [0.15, 0.2) is 23.1 Å². The van der Waals surface area contributed by atoms with Crippen molar-refractivity contribution in [2.75, 3.05) is 0 Å². The van der Waals surface area contributed by atoms with E-state index in [0.717, 1.165) is 0 Å². The summed E-state index contributed by atoms with van der Waals surface area (Å²) in [5.74, 6) is -0.330. The van der Waals surface area contributed by atoms with Crippen LogP contribution in [0.2, 0.25) is 0 Å². The minimum absolute atomic E-state index is 0.302. The number of nitrogens with one attached hydrogen (secondary N) is 1. The molecule has 1 aromatic rings. The molecule has 0 amide bonds. The molecule has 0 saturated carbocycles. The molecule has 0 aromatic heterocycles. The highest BCUT2D eigenvalue weighted by molar-refractivity contribution is 7.90. The van der Waals surface area contributed by atoms with Gasteiger partial charge in [-0.25, -0.2) is 4.39 Å². The van der Waals surface area contributed by atoms with Gasteiger partial charge in [0, 0.05) is 21.8 Å². The third-order valence-corrected chi connectivity index (χ3v) is 4.25. The summed E-state index contributed by atoms with van der Waals surface area (Å²) in [7, 11) is 0. The summed E-state index contributed by atoms with van der Waals surface area (Å²) in [6, 6.07) is 4.44. The van der Waals surface area contributed by atoms with E-state index in [1.54, 1.807) is 19.1 Å². The van der Waals surface area contributed by atoms with Gasteiger partial charge in [0.2, 0.25) is 0 Å². The maximum Gasteiger partial charge on any atom is 0.136 e. The standard InChI is InChI=1S/C12H18FNOS2/c1-8(14-17(15)12(2,3)4)10-6-5-9(16)7-11(10)13/h5-8,14,16H,1-4H3/t8-,17-/m0/s1. The van der Waals surface area contributed by atoms with Crippen LogP contribution in [0.25, 0.3) is 0 Å². The van der Waals surface area contributed by atoms with Crippen molar-refractivity contribution in [2.45, 2.75) is 43.4 Å². The van der Waals surface area contributed by atoms with Crippen LogP contribution in [0.3, 0.4) is 0 Å². The lowest BCUT2D eigenvalue weighted by Gasteiger charge is -2.26. The summed E-state index contributed by atoms with van der Waals surface area (Å²) in [6.07, 6.45) is 0. The lowest BCUT2D eigenvalue weighted by molar-refractivity contribution is 0.522. The van der Waals surface area contributed by atoms with Crippen LogP contribution < -0.4 is 4.72 Å². The minimum atomic E-state index is -1.22. The van der Waals surface area contributed by atoms with Gasteiger partial charge in [0.05, 0.1) is 6.04 Å². The van der Waals surface area contributed by atoms with Crippen molar-refractivity contribution in [1.82, 2.24) is 4.72 Å². The van der Waals surface area contributed by atoms with Crippen LogP contribution in [0.1, 0.15) is 39.3 Å². The van der Waals surface area contributed by atoms with E-state index in [2.05, 4.69) is 17.4 Å². The maximum atomic E-state index is 13.7. The van der Waals surface area contributed by atoms with Gasteiger partial charge in [-0.15, -0.1) is 17.4 Å². The SMILES string of the molecule is C[C@H](N[S@@+]([O-])C(C)(C)C)c1ccc(S)cc1F. The summed E-state index contributed by atoms with van der Waals surface area (Å²) in [5.41, 5.74) is 0.500. The molecule has 0 radical (unpaired) electrons. The zero-order valence-corrected chi connectivity index (χ0v) is 12.2. The summed E-state index contributed by atoms with van der Waals surface area (Å²) in [5, 5.41) is 0. The Labute approximate surface area is 111 Å². The van der Waals surface area contributed by atoms with Crippen molar-refractivity contribution < 1.29 is 8.94 Å². The van der Waals surface area contributed by atoms with Crippen LogP contribution in [0.4, 0.5) is 4.39 Å². The first-order chi connectivity index (χ1) is 7.71. The lowest BCUT2D eigenvalue weighted by Crippen LogP contribution is -2.40. The van der Waals surface area contributed by atoms with Gasteiger partial charge in [-0.05, 0) is 39.8 Å². The predicted octanol–water partition coefficient (Wildman–Crippen LogP) is 3.23. The summed E-state index contributed by atoms with van der Waals surface area (Å²) < 4.78 is 28.1. The van der Waals surface area contributed by atoms with E-state index in [9.17, 15) is 8.94 Å². The average molecular weight is 275 g/mol. The zero-order chi connectivity index (χ0) is 13.2. The van der Waals surface area contributed by atoms with Crippen molar-refractivity contribution in [3.8, 4) is 0 Å². The Balaban J connectivity index is 2.80. The molecular weight excluding hydrogens is 257 g/mol. The number of halogens is 1. The molecule has 0 unspecified atom stereocenters. The molecule has 2 atom stereocenters. The highest BCUT2D eigenvalue weighted by atomic mass is 32.2. The first kappa shape index (κ1) is 14.8. The minimum Gasteiger partial charge on any atom is -0.598 e. The van der Waals surface area contributed by atoms with Crippen LogP contribution in [-0.4, -0.2) is 9.30 Å². The Morgan fingerprint density at radius 2 is 2.00 bits per heavy atom. The molecule has 96 valence electrons. The van der Waals surface area contributed by atoms with Crippen molar-refractivity contribution in [3.05, 3.63) is 29.6 Å². The van der Waals surface area contributed by atoms with Crippen molar-refractivity contribution in [2.24, 2.45) is 0 Å². The Morgan fingerprint density at radius 1 is 1.41 bits per heavy atom. The highest BCUT2D eigenvalue weighted by Gasteiger charge is 2.28. The molecule has 0 saturated heterocycles.